The van der Waals surface area contributed by atoms with Crippen molar-refractivity contribution in [3.8, 4) is 5.75 Å². The molecular formula is C10H18N2OS. The average molecular weight is 214 g/mol. The molecule has 0 atom stereocenters. The van der Waals surface area contributed by atoms with Crippen LogP contribution < -0.4 is 4.74 Å². The number of nitrogens with zero attached hydrogens (tertiary/aromatic N) is 2. The average Bonchev–Trinajstić information content (AvgIpc) is 2.38. The second kappa shape index (κ2) is 5.29. The maximum atomic E-state index is 5.67. The third kappa shape index (κ3) is 2.67. The van der Waals surface area contributed by atoms with Crippen LogP contribution in [0.15, 0.2) is 0 Å². The molecule has 0 radical (unpaired) electrons. The van der Waals surface area contributed by atoms with Crippen LogP contribution in [0.3, 0.4) is 0 Å². The summed E-state index contributed by atoms with van der Waals surface area (Å²) in [7, 11) is 1.93. The summed E-state index contributed by atoms with van der Waals surface area (Å²) in [5.41, 5.74) is 2.06. The van der Waals surface area contributed by atoms with E-state index < -0.39 is 0 Å². The SMILES string of the molecule is Cc1nn(C)c(C)c1OCCCCS. The number of hydrogen-bond acceptors (Lipinski definition) is 3. The van der Waals surface area contributed by atoms with Gasteiger partial charge < -0.3 is 4.74 Å². The van der Waals surface area contributed by atoms with E-state index in [1.165, 1.54) is 0 Å². The van der Waals surface area contributed by atoms with E-state index in [1.54, 1.807) is 0 Å². The van der Waals surface area contributed by atoms with Gasteiger partial charge >= 0.3 is 0 Å². The summed E-state index contributed by atoms with van der Waals surface area (Å²) in [6.07, 6.45) is 2.15. The number of aryl methyl sites for hydroxylation is 2. The quantitative estimate of drug-likeness (QED) is 0.600. The van der Waals surface area contributed by atoms with Crippen molar-refractivity contribution in [1.29, 1.82) is 0 Å². The lowest BCUT2D eigenvalue weighted by molar-refractivity contribution is 0.305. The van der Waals surface area contributed by atoms with Gasteiger partial charge in [0.2, 0.25) is 0 Å². The molecule has 0 N–H and O–H groups in total. The summed E-state index contributed by atoms with van der Waals surface area (Å²) >= 11 is 4.15. The van der Waals surface area contributed by atoms with E-state index in [-0.39, 0.29) is 0 Å². The van der Waals surface area contributed by atoms with Crippen molar-refractivity contribution in [2.45, 2.75) is 26.7 Å². The smallest absolute Gasteiger partial charge is 0.162 e. The zero-order valence-electron chi connectivity index (χ0n) is 9.08. The van der Waals surface area contributed by atoms with Crippen LogP contribution in [0.2, 0.25) is 0 Å². The van der Waals surface area contributed by atoms with E-state index in [4.69, 9.17) is 4.74 Å². The van der Waals surface area contributed by atoms with Gasteiger partial charge in [0, 0.05) is 7.05 Å². The van der Waals surface area contributed by atoms with Crippen molar-refractivity contribution in [2.75, 3.05) is 12.4 Å². The molecular weight excluding hydrogens is 196 g/mol. The molecule has 0 bridgehead atoms. The van der Waals surface area contributed by atoms with E-state index >= 15 is 0 Å². The highest BCUT2D eigenvalue weighted by atomic mass is 32.1. The van der Waals surface area contributed by atoms with Gasteiger partial charge in [0.1, 0.15) is 5.69 Å². The van der Waals surface area contributed by atoms with E-state index in [0.717, 1.165) is 42.3 Å². The fraction of sp³-hybridized carbons (Fsp3) is 0.700. The first-order valence-corrected chi connectivity index (χ1v) is 5.54. The van der Waals surface area contributed by atoms with Crippen LogP contribution in [0, 0.1) is 13.8 Å². The van der Waals surface area contributed by atoms with Crippen LogP contribution in [0.25, 0.3) is 0 Å². The summed E-state index contributed by atoms with van der Waals surface area (Å²) in [5, 5.41) is 4.29. The molecule has 0 aliphatic heterocycles. The topological polar surface area (TPSA) is 27.1 Å². The van der Waals surface area contributed by atoms with Crippen molar-refractivity contribution in [3.05, 3.63) is 11.4 Å². The predicted molar refractivity (Wildman–Crippen MR) is 61.3 cm³/mol. The van der Waals surface area contributed by atoms with E-state index in [9.17, 15) is 0 Å². The van der Waals surface area contributed by atoms with Crippen molar-refractivity contribution in [3.63, 3.8) is 0 Å². The molecule has 1 aromatic rings. The first kappa shape index (κ1) is 11.4. The Morgan fingerprint density at radius 1 is 1.36 bits per heavy atom. The van der Waals surface area contributed by atoms with Gasteiger partial charge in [0.15, 0.2) is 5.75 Å². The summed E-state index contributed by atoms with van der Waals surface area (Å²) in [5.74, 6) is 1.86. The highest BCUT2D eigenvalue weighted by molar-refractivity contribution is 7.80. The number of thiol groups is 1. The lowest BCUT2D eigenvalue weighted by Gasteiger charge is -2.05. The van der Waals surface area contributed by atoms with Crippen LogP contribution in [0.4, 0.5) is 0 Å². The Morgan fingerprint density at radius 3 is 2.57 bits per heavy atom. The molecule has 0 unspecified atom stereocenters. The van der Waals surface area contributed by atoms with Gasteiger partial charge in [0.05, 0.1) is 12.3 Å². The third-order valence-electron chi connectivity index (χ3n) is 2.24. The summed E-state index contributed by atoms with van der Waals surface area (Å²) in [6, 6.07) is 0. The second-order valence-electron chi connectivity index (χ2n) is 3.40. The van der Waals surface area contributed by atoms with E-state index in [2.05, 4.69) is 17.7 Å². The third-order valence-corrected chi connectivity index (χ3v) is 2.56. The molecule has 0 saturated carbocycles. The molecule has 0 amide bonds. The molecule has 0 saturated heterocycles. The van der Waals surface area contributed by atoms with Gasteiger partial charge in [0.25, 0.3) is 0 Å². The van der Waals surface area contributed by atoms with Crippen molar-refractivity contribution in [1.82, 2.24) is 9.78 Å². The Balaban J connectivity index is 2.49. The highest BCUT2D eigenvalue weighted by Gasteiger charge is 2.09. The summed E-state index contributed by atoms with van der Waals surface area (Å²) in [6.45, 7) is 4.75. The van der Waals surface area contributed by atoms with Gasteiger partial charge in [-0.2, -0.15) is 17.7 Å². The number of hydrogen-bond donors (Lipinski definition) is 1. The Bertz CT molecular complexity index is 297. The van der Waals surface area contributed by atoms with E-state index in [1.807, 2.05) is 25.6 Å². The van der Waals surface area contributed by atoms with Crippen molar-refractivity contribution in [2.24, 2.45) is 7.05 Å². The first-order chi connectivity index (χ1) is 6.66. The molecule has 0 fully saturated rings. The molecule has 0 aliphatic rings. The zero-order valence-corrected chi connectivity index (χ0v) is 9.97. The van der Waals surface area contributed by atoms with Gasteiger partial charge in [-0.1, -0.05) is 0 Å². The Hall–Kier alpha value is -0.640. The van der Waals surface area contributed by atoms with Crippen LogP contribution in [-0.4, -0.2) is 22.1 Å². The van der Waals surface area contributed by atoms with Crippen LogP contribution in [0.1, 0.15) is 24.2 Å². The van der Waals surface area contributed by atoms with Crippen LogP contribution in [-0.2, 0) is 7.05 Å². The maximum Gasteiger partial charge on any atom is 0.162 e. The van der Waals surface area contributed by atoms with Gasteiger partial charge in [-0.25, -0.2) is 0 Å². The Labute approximate surface area is 90.9 Å². The van der Waals surface area contributed by atoms with Gasteiger partial charge in [-0.3, -0.25) is 4.68 Å². The largest absolute Gasteiger partial charge is 0.490 e. The number of rotatable bonds is 5. The van der Waals surface area contributed by atoms with Crippen LogP contribution >= 0.6 is 12.6 Å². The predicted octanol–water partition coefficient (Wildman–Crippen LogP) is 2.13. The minimum atomic E-state index is 0.758. The minimum Gasteiger partial charge on any atom is -0.490 e. The van der Waals surface area contributed by atoms with Gasteiger partial charge in [-0.15, -0.1) is 0 Å². The normalized spacial score (nSPS) is 10.6. The van der Waals surface area contributed by atoms with E-state index in [0.29, 0.717) is 0 Å². The number of aromatic nitrogens is 2. The Morgan fingerprint density at radius 2 is 2.07 bits per heavy atom. The molecule has 0 aromatic carbocycles. The lowest BCUT2D eigenvalue weighted by Crippen LogP contribution is -1.99. The van der Waals surface area contributed by atoms with Crippen LogP contribution in [0.5, 0.6) is 5.75 Å². The molecule has 1 aromatic heterocycles. The van der Waals surface area contributed by atoms with Crippen molar-refractivity contribution < 1.29 is 4.74 Å². The molecule has 0 spiro atoms. The van der Waals surface area contributed by atoms with Crippen molar-refractivity contribution >= 4 is 12.6 Å². The molecule has 0 aliphatic carbocycles. The molecule has 4 heteroatoms. The first-order valence-electron chi connectivity index (χ1n) is 4.90. The minimum absolute atomic E-state index is 0.758. The fourth-order valence-corrected chi connectivity index (χ4v) is 1.57. The summed E-state index contributed by atoms with van der Waals surface area (Å²) in [4.78, 5) is 0. The molecule has 3 nitrogen and oxygen atoms in total. The molecule has 80 valence electrons. The fourth-order valence-electron chi connectivity index (χ4n) is 1.35. The molecule has 1 rings (SSSR count). The zero-order chi connectivity index (χ0) is 10.6. The number of ether oxygens (including phenoxy) is 1. The van der Waals surface area contributed by atoms with Gasteiger partial charge in [-0.05, 0) is 32.4 Å². The molecule has 1 heterocycles. The maximum absolute atomic E-state index is 5.67. The summed E-state index contributed by atoms with van der Waals surface area (Å²) < 4.78 is 7.52. The Kier molecular flexibility index (Phi) is 4.32. The highest BCUT2D eigenvalue weighted by Crippen LogP contribution is 2.21. The lowest BCUT2D eigenvalue weighted by atomic mass is 10.3. The molecule has 14 heavy (non-hydrogen) atoms. The second-order valence-corrected chi connectivity index (χ2v) is 3.85. The standard InChI is InChI=1S/C10H18N2OS/c1-8-10(9(2)12(3)11-8)13-6-4-5-7-14/h14H,4-7H2,1-3H3. The number of unbranched alkanes of at least 4 members (excludes halogenated alkanes) is 1. The monoisotopic (exact) mass is 214 g/mol.